The minimum atomic E-state index is -3.77. The number of aromatic nitrogens is 1. The van der Waals surface area contributed by atoms with Crippen LogP contribution in [0, 0.1) is 23.7 Å². The van der Waals surface area contributed by atoms with E-state index in [0.717, 1.165) is 0 Å². The van der Waals surface area contributed by atoms with Crippen LogP contribution in [0.1, 0.15) is 6.42 Å². The summed E-state index contributed by atoms with van der Waals surface area (Å²) < 4.78 is 27.1. The van der Waals surface area contributed by atoms with Crippen molar-refractivity contribution in [1.82, 2.24) is 4.98 Å². The number of thiazole rings is 1. The van der Waals surface area contributed by atoms with E-state index in [-0.39, 0.29) is 27.8 Å². The summed E-state index contributed by atoms with van der Waals surface area (Å²) in [6, 6.07) is 5.71. The monoisotopic (exact) mass is 419 g/mol. The van der Waals surface area contributed by atoms with Crippen LogP contribution in [-0.4, -0.2) is 30.4 Å². The lowest BCUT2D eigenvalue weighted by Crippen LogP contribution is -2.36. The maximum Gasteiger partial charge on any atom is 0.307 e. The summed E-state index contributed by atoms with van der Waals surface area (Å²) in [6.07, 6.45) is 5.96. The number of fused-ring (bicyclic) bond motifs is 2. The van der Waals surface area contributed by atoms with E-state index >= 15 is 0 Å². The Morgan fingerprint density at radius 3 is 2.39 bits per heavy atom. The van der Waals surface area contributed by atoms with Crippen molar-refractivity contribution in [2.75, 3.05) is 10.0 Å². The highest BCUT2D eigenvalue weighted by Crippen LogP contribution is 2.48. The van der Waals surface area contributed by atoms with E-state index in [1.807, 2.05) is 12.2 Å². The standard InChI is InChI=1S/C18H17N3O5S2/c22-16(14-10-1-2-11(9-10)15(14)17(23)24)20-12-3-5-13(6-4-12)28(25,26)21-18-19-7-8-27-18/h1-8,10-11,14-15H,9H2,(H,19,21)(H,20,22)(H,23,24)/t10-,11+,14-,15+/m1/s1. The van der Waals surface area contributed by atoms with Crippen LogP contribution in [0.15, 0.2) is 52.9 Å². The topological polar surface area (TPSA) is 125 Å². The zero-order valence-corrected chi connectivity index (χ0v) is 16.1. The number of carboxylic acids is 1. The summed E-state index contributed by atoms with van der Waals surface area (Å²) in [5, 5.41) is 14.1. The molecule has 1 fully saturated rings. The molecule has 2 bridgehead atoms. The predicted molar refractivity (Wildman–Crippen MR) is 103 cm³/mol. The number of aliphatic carboxylic acids is 1. The lowest BCUT2D eigenvalue weighted by Gasteiger charge is -2.23. The van der Waals surface area contributed by atoms with Crippen LogP contribution in [0.3, 0.4) is 0 Å². The number of nitrogens with one attached hydrogen (secondary N) is 2. The third-order valence-electron chi connectivity index (χ3n) is 5.13. The van der Waals surface area contributed by atoms with Gasteiger partial charge in [0.15, 0.2) is 5.13 Å². The van der Waals surface area contributed by atoms with E-state index in [1.165, 1.54) is 41.8 Å². The number of allylic oxidation sites excluding steroid dienone is 2. The summed E-state index contributed by atoms with van der Waals surface area (Å²) in [4.78, 5) is 28.1. The molecule has 2 aromatic rings. The Morgan fingerprint density at radius 1 is 1.11 bits per heavy atom. The van der Waals surface area contributed by atoms with Gasteiger partial charge in [0.25, 0.3) is 10.0 Å². The molecule has 4 rings (SSSR count). The first-order valence-corrected chi connectivity index (χ1v) is 11.0. The smallest absolute Gasteiger partial charge is 0.307 e. The van der Waals surface area contributed by atoms with Crippen molar-refractivity contribution in [3.8, 4) is 0 Å². The van der Waals surface area contributed by atoms with Gasteiger partial charge < -0.3 is 10.4 Å². The third-order valence-corrected chi connectivity index (χ3v) is 7.31. The summed E-state index contributed by atoms with van der Waals surface area (Å²) >= 11 is 1.17. The molecular weight excluding hydrogens is 402 g/mol. The van der Waals surface area contributed by atoms with E-state index in [9.17, 15) is 23.1 Å². The van der Waals surface area contributed by atoms with Gasteiger partial charge in [0.2, 0.25) is 5.91 Å². The highest BCUT2D eigenvalue weighted by atomic mass is 32.2. The summed E-state index contributed by atoms with van der Waals surface area (Å²) in [7, 11) is -3.77. The predicted octanol–water partition coefficient (Wildman–Crippen LogP) is 2.41. The van der Waals surface area contributed by atoms with Gasteiger partial charge in [-0.05, 0) is 42.5 Å². The molecule has 2 aliphatic carbocycles. The fourth-order valence-electron chi connectivity index (χ4n) is 3.91. The molecule has 10 heteroatoms. The molecular formula is C18H17N3O5S2. The first kappa shape index (κ1) is 18.6. The van der Waals surface area contributed by atoms with Gasteiger partial charge in [-0.2, -0.15) is 0 Å². The Balaban J connectivity index is 1.47. The normalized spacial score (nSPS) is 25.6. The van der Waals surface area contributed by atoms with Crippen LogP contribution in [0.25, 0.3) is 0 Å². The van der Waals surface area contributed by atoms with E-state index in [2.05, 4.69) is 15.0 Å². The van der Waals surface area contributed by atoms with Crippen LogP contribution >= 0.6 is 11.3 Å². The molecule has 8 nitrogen and oxygen atoms in total. The lowest BCUT2D eigenvalue weighted by molar-refractivity contribution is -0.146. The number of hydrogen-bond acceptors (Lipinski definition) is 6. The second kappa shape index (κ2) is 7.02. The summed E-state index contributed by atoms with van der Waals surface area (Å²) in [6.45, 7) is 0. The zero-order chi connectivity index (χ0) is 19.9. The van der Waals surface area contributed by atoms with E-state index in [4.69, 9.17) is 0 Å². The third kappa shape index (κ3) is 3.40. The number of anilines is 2. The van der Waals surface area contributed by atoms with Crippen molar-refractivity contribution in [3.05, 3.63) is 48.0 Å². The van der Waals surface area contributed by atoms with Crippen LogP contribution in [-0.2, 0) is 19.6 Å². The average Bonchev–Trinajstić information content (AvgIpc) is 3.38. The van der Waals surface area contributed by atoms with Gasteiger partial charge in [0.1, 0.15) is 0 Å². The van der Waals surface area contributed by atoms with Crippen molar-refractivity contribution in [2.24, 2.45) is 23.7 Å². The van der Waals surface area contributed by atoms with Gasteiger partial charge in [-0.25, -0.2) is 13.4 Å². The lowest BCUT2D eigenvalue weighted by atomic mass is 9.82. The minimum Gasteiger partial charge on any atom is -0.481 e. The fraction of sp³-hybridized carbons (Fsp3) is 0.278. The first-order valence-electron chi connectivity index (χ1n) is 8.59. The number of carbonyl (C=O) groups excluding carboxylic acids is 1. The van der Waals surface area contributed by atoms with Gasteiger partial charge in [-0.3, -0.25) is 14.3 Å². The molecule has 1 aromatic carbocycles. The molecule has 1 aromatic heterocycles. The van der Waals surface area contributed by atoms with E-state index in [1.54, 1.807) is 5.38 Å². The SMILES string of the molecule is O=C(O)[C@@H]1[C@H](C(=O)Nc2ccc(S(=O)(=O)Nc3nccs3)cc2)[C@@H]2C=C[C@H]1C2. The molecule has 4 atom stereocenters. The molecule has 1 amide bonds. The van der Waals surface area contributed by atoms with Gasteiger partial charge in [-0.15, -0.1) is 11.3 Å². The maximum atomic E-state index is 12.7. The second-order valence-electron chi connectivity index (χ2n) is 6.79. The molecule has 0 spiro atoms. The highest BCUT2D eigenvalue weighted by Gasteiger charge is 2.51. The van der Waals surface area contributed by atoms with Crippen molar-refractivity contribution in [3.63, 3.8) is 0 Å². The molecule has 0 unspecified atom stereocenters. The Bertz CT molecular complexity index is 1030. The molecule has 3 N–H and O–H groups in total. The van der Waals surface area contributed by atoms with E-state index in [0.29, 0.717) is 12.1 Å². The maximum absolute atomic E-state index is 12.7. The first-order chi connectivity index (χ1) is 13.3. The van der Waals surface area contributed by atoms with Crippen LogP contribution in [0.4, 0.5) is 10.8 Å². The van der Waals surface area contributed by atoms with Crippen molar-refractivity contribution in [2.45, 2.75) is 11.3 Å². The molecule has 1 saturated carbocycles. The van der Waals surface area contributed by atoms with Crippen molar-refractivity contribution in [1.29, 1.82) is 0 Å². The number of nitrogens with zero attached hydrogens (tertiary/aromatic N) is 1. The van der Waals surface area contributed by atoms with Crippen LogP contribution < -0.4 is 10.0 Å². The summed E-state index contributed by atoms with van der Waals surface area (Å²) in [5.74, 6) is -2.86. The summed E-state index contributed by atoms with van der Waals surface area (Å²) in [5.41, 5.74) is 0.411. The Kier molecular flexibility index (Phi) is 4.68. The van der Waals surface area contributed by atoms with Gasteiger partial charge in [0.05, 0.1) is 16.7 Å². The number of hydrogen-bond donors (Lipinski definition) is 3. The Morgan fingerprint density at radius 2 is 1.79 bits per heavy atom. The fourth-order valence-corrected chi connectivity index (χ4v) is 5.70. The van der Waals surface area contributed by atoms with Crippen molar-refractivity contribution < 1.29 is 23.1 Å². The molecule has 2 aliphatic rings. The zero-order valence-electron chi connectivity index (χ0n) is 14.5. The van der Waals surface area contributed by atoms with Crippen molar-refractivity contribution >= 4 is 44.1 Å². The Labute approximate surface area is 165 Å². The quantitative estimate of drug-likeness (QED) is 0.618. The number of sulfonamides is 1. The average molecular weight is 419 g/mol. The molecule has 0 aliphatic heterocycles. The van der Waals surface area contributed by atoms with E-state index < -0.39 is 27.8 Å². The molecule has 1 heterocycles. The van der Waals surface area contributed by atoms with Crippen LogP contribution in [0.5, 0.6) is 0 Å². The number of carbonyl (C=O) groups is 2. The number of amides is 1. The molecule has 0 radical (unpaired) electrons. The second-order valence-corrected chi connectivity index (χ2v) is 9.37. The highest BCUT2D eigenvalue weighted by molar-refractivity contribution is 7.93. The van der Waals surface area contributed by atoms with Gasteiger partial charge in [-0.1, -0.05) is 12.2 Å². The molecule has 28 heavy (non-hydrogen) atoms. The van der Waals surface area contributed by atoms with Crippen LogP contribution in [0.2, 0.25) is 0 Å². The Hall–Kier alpha value is -2.72. The number of carboxylic acid groups (broad SMARTS) is 1. The number of benzene rings is 1. The number of rotatable bonds is 6. The van der Waals surface area contributed by atoms with Gasteiger partial charge >= 0.3 is 5.97 Å². The minimum absolute atomic E-state index is 0.0342. The molecule has 0 saturated heterocycles. The van der Waals surface area contributed by atoms with Gasteiger partial charge in [0, 0.05) is 17.3 Å². The largest absolute Gasteiger partial charge is 0.481 e. The molecule has 146 valence electrons.